The van der Waals surface area contributed by atoms with Crippen LogP contribution >= 0.6 is 0 Å². The van der Waals surface area contributed by atoms with Gasteiger partial charge in [0.25, 0.3) is 11.8 Å². The Morgan fingerprint density at radius 1 is 0.700 bits per heavy atom. The average molecular weight is 834 g/mol. The molecule has 2 aliphatic heterocycles. The first-order chi connectivity index (χ1) is 28.4. The number of alkyl carbamates (subject to hydrolysis) is 1. The number of benzene rings is 3. The zero-order valence-corrected chi connectivity index (χ0v) is 34.0. The Bertz CT molecular complexity index is 2260. The number of hydrogen-bond acceptors (Lipinski definition) is 8. The summed E-state index contributed by atoms with van der Waals surface area (Å²) in [6, 6.07) is 15.6. The third-order valence-electron chi connectivity index (χ3n) is 11.4. The number of likely N-dealkylation sites (tertiary alicyclic amines) is 2. The van der Waals surface area contributed by atoms with Crippen LogP contribution in [0.25, 0.3) is 44.3 Å². The molecule has 0 spiro atoms. The molecule has 13 nitrogen and oxygen atoms in total. The number of amides is 3. The van der Waals surface area contributed by atoms with Gasteiger partial charge in [-0.15, -0.1) is 0 Å². The SMILES string of the molecule is COC(=O)C[C@H](C(=O)N1CC(F)(F)C[C@H]1c1nc2ccc(-c3ccc(-c4ccc5nc([C@@H]6CC(F)(F)CN6C(=O)[C@@H](NC(=O)OC)C(C)C)[nH]c5c4)cc3)cc2[nH]1)C(C)C. The Morgan fingerprint density at radius 3 is 1.57 bits per heavy atom. The minimum absolute atomic E-state index is 0.209. The van der Waals surface area contributed by atoms with Gasteiger partial charge in [0.15, 0.2) is 0 Å². The molecule has 3 amide bonds. The predicted molar refractivity (Wildman–Crippen MR) is 214 cm³/mol. The molecule has 0 unspecified atom stereocenters. The van der Waals surface area contributed by atoms with Crippen molar-refractivity contribution in [2.45, 2.75) is 76.9 Å². The number of alkyl halides is 4. The van der Waals surface area contributed by atoms with E-state index >= 15 is 0 Å². The number of halogens is 4. The average Bonchev–Trinajstić information content (AvgIpc) is 3.99. The molecular formula is C43H47F4N7O6. The third kappa shape index (κ3) is 8.52. The van der Waals surface area contributed by atoms with Crippen LogP contribution < -0.4 is 5.32 Å². The molecule has 0 aliphatic carbocycles. The number of nitrogens with one attached hydrogen (secondary N) is 3. The molecule has 2 aliphatic rings. The molecule has 2 saturated heterocycles. The van der Waals surface area contributed by atoms with E-state index < -0.39 is 91.6 Å². The van der Waals surface area contributed by atoms with E-state index in [1.165, 1.54) is 7.11 Å². The summed E-state index contributed by atoms with van der Waals surface area (Å²) in [5, 5.41) is 2.47. The number of aromatic nitrogens is 4. The molecular weight excluding hydrogens is 787 g/mol. The predicted octanol–water partition coefficient (Wildman–Crippen LogP) is 7.81. The van der Waals surface area contributed by atoms with E-state index in [4.69, 9.17) is 4.74 Å². The van der Waals surface area contributed by atoms with E-state index in [1.807, 2.05) is 48.5 Å². The van der Waals surface area contributed by atoms with Gasteiger partial charge >= 0.3 is 12.1 Å². The summed E-state index contributed by atoms with van der Waals surface area (Å²) < 4.78 is 68.9. The standard InChI is InChI=1S/C43H47F4N7O6/c1-22(2)28(17-35(55)59-5)39(56)53-20-42(44,45)18-33(53)37-48-29-13-11-26(15-31(29)50-37)24-7-9-25(10-8-24)27-12-14-30-32(16-27)51-38(49-30)34-19-43(46,47)21-54(34)40(57)36(23(3)4)52-41(58)60-6/h7-16,22-23,28,33-34,36H,17-21H2,1-6H3,(H,48,50)(H,49,51)(H,52,58)/t28-,33-,34-,36-/m0/s1. The van der Waals surface area contributed by atoms with E-state index in [2.05, 4.69) is 30.0 Å². The Kier molecular flexibility index (Phi) is 11.4. The number of carbonyl (C=O) groups is 4. The lowest BCUT2D eigenvalue weighted by Gasteiger charge is -2.29. The topological polar surface area (TPSA) is 163 Å². The second-order valence-corrected chi connectivity index (χ2v) is 16.4. The molecule has 0 saturated carbocycles. The molecule has 5 aromatic rings. The maximum absolute atomic E-state index is 14.9. The van der Waals surface area contributed by atoms with Gasteiger partial charge in [0.05, 0.1) is 73.8 Å². The number of nitrogens with zero attached hydrogens (tertiary/aromatic N) is 4. The highest BCUT2D eigenvalue weighted by molar-refractivity contribution is 5.88. The van der Waals surface area contributed by atoms with Crippen molar-refractivity contribution >= 4 is 45.9 Å². The van der Waals surface area contributed by atoms with Crippen LogP contribution in [0.2, 0.25) is 0 Å². The van der Waals surface area contributed by atoms with Crippen LogP contribution in [-0.4, -0.2) is 98.8 Å². The Morgan fingerprint density at radius 2 is 1.15 bits per heavy atom. The summed E-state index contributed by atoms with van der Waals surface area (Å²) in [6.45, 7) is 5.34. The van der Waals surface area contributed by atoms with Crippen molar-refractivity contribution in [3.8, 4) is 22.3 Å². The largest absolute Gasteiger partial charge is 0.469 e. The lowest BCUT2D eigenvalue weighted by atomic mass is 9.91. The summed E-state index contributed by atoms with van der Waals surface area (Å²) in [5.41, 5.74) is 5.64. The van der Waals surface area contributed by atoms with Crippen LogP contribution in [-0.2, 0) is 23.9 Å². The minimum Gasteiger partial charge on any atom is -0.469 e. The maximum atomic E-state index is 14.9. The van der Waals surface area contributed by atoms with Crippen molar-refractivity contribution in [1.29, 1.82) is 0 Å². The van der Waals surface area contributed by atoms with E-state index in [0.717, 1.165) is 39.2 Å². The number of esters is 1. The number of fused-ring (bicyclic) bond motifs is 2. The first-order valence-electron chi connectivity index (χ1n) is 19.7. The second kappa shape index (κ2) is 16.2. The number of hydrogen-bond donors (Lipinski definition) is 3. The molecule has 60 heavy (non-hydrogen) atoms. The number of imidazole rings is 2. The third-order valence-corrected chi connectivity index (χ3v) is 11.4. The molecule has 4 heterocycles. The Labute approximate surface area is 343 Å². The molecule has 4 atom stereocenters. The van der Waals surface area contributed by atoms with E-state index in [0.29, 0.717) is 22.1 Å². The molecule has 7 rings (SSSR count). The maximum Gasteiger partial charge on any atom is 0.407 e. The van der Waals surface area contributed by atoms with Gasteiger partial charge in [-0.2, -0.15) is 0 Å². The molecule has 17 heteroatoms. The first kappa shape index (κ1) is 42.1. The van der Waals surface area contributed by atoms with E-state index in [1.54, 1.807) is 39.8 Å². The highest BCUT2D eigenvalue weighted by Gasteiger charge is 2.51. The van der Waals surface area contributed by atoms with Gasteiger partial charge in [-0.05, 0) is 58.4 Å². The normalized spacial score (nSPS) is 19.6. The van der Waals surface area contributed by atoms with Crippen molar-refractivity contribution in [3.63, 3.8) is 0 Å². The molecule has 3 aromatic carbocycles. The van der Waals surface area contributed by atoms with Crippen LogP contribution in [0, 0.1) is 17.8 Å². The lowest BCUT2D eigenvalue weighted by molar-refractivity contribution is -0.149. The van der Waals surface area contributed by atoms with Crippen LogP contribution in [0.1, 0.15) is 70.7 Å². The van der Waals surface area contributed by atoms with Crippen LogP contribution in [0.5, 0.6) is 0 Å². The van der Waals surface area contributed by atoms with Crippen LogP contribution in [0.15, 0.2) is 60.7 Å². The molecule has 2 fully saturated rings. The number of H-pyrrole nitrogens is 2. The van der Waals surface area contributed by atoms with Crippen LogP contribution in [0.4, 0.5) is 22.4 Å². The summed E-state index contributed by atoms with van der Waals surface area (Å²) in [5.74, 6) is -9.16. The summed E-state index contributed by atoms with van der Waals surface area (Å²) in [6.07, 6.45) is -2.29. The van der Waals surface area contributed by atoms with Gasteiger partial charge in [-0.3, -0.25) is 14.4 Å². The van der Waals surface area contributed by atoms with Crippen molar-refractivity contribution in [3.05, 3.63) is 72.3 Å². The highest BCUT2D eigenvalue weighted by atomic mass is 19.3. The first-order valence-corrected chi connectivity index (χ1v) is 19.7. The molecule has 0 bridgehead atoms. The fraction of sp³-hybridized carbons (Fsp3) is 0.442. The van der Waals surface area contributed by atoms with Crippen molar-refractivity contribution in [2.24, 2.45) is 17.8 Å². The molecule has 318 valence electrons. The Balaban J connectivity index is 1.10. The number of rotatable bonds is 11. The number of methoxy groups -OCH3 is 2. The molecule has 2 aromatic heterocycles. The monoisotopic (exact) mass is 833 g/mol. The van der Waals surface area contributed by atoms with Crippen molar-refractivity contribution in [1.82, 2.24) is 35.1 Å². The fourth-order valence-electron chi connectivity index (χ4n) is 8.14. The number of ether oxygens (including phenoxy) is 2. The number of aromatic amines is 2. The van der Waals surface area contributed by atoms with Gasteiger partial charge < -0.3 is 34.6 Å². The highest BCUT2D eigenvalue weighted by Crippen LogP contribution is 2.43. The van der Waals surface area contributed by atoms with Crippen molar-refractivity contribution in [2.75, 3.05) is 27.3 Å². The summed E-state index contributed by atoms with van der Waals surface area (Å²) in [4.78, 5) is 69.0. The van der Waals surface area contributed by atoms with Gasteiger partial charge in [0, 0.05) is 12.8 Å². The summed E-state index contributed by atoms with van der Waals surface area (Å²) in [7, 11) is 2.38. The number of carbonyl (C=O) groups excluding carboxylic acids is 4. The summed E-state index contributed by atoms with van der Waals surface area (Å²) >= 11 is 0. The van der Waals surface area contributed by atoms with Crippen LogP contribution in [0.3, 0.4) is 0 Å². The zero-order valence-electron chi connectivity index (χ0n) is 34.0. The fourth-order valence-corrected chi connectivity index (χ4v) is 8.14. The quantitative estimate of drug-likeness (QED) is 0.0897. The minimum atomic E-state index is -3.16. The van der Waals surface area contributed by atoms with Gasteiger partial charge in [-0.1, -0.05) is 64.1 Å². The molecule has 0 radical (unpaired) electrons. The van der Waals surface area contributed by atoms with Crippen molar-refractivity contribution < 1.29 is 46.2 Å². The smallest absolute Gasteiger partial charge is 0.407 e. The van der Waals surface area contributed by atoms with E-state index in [9.17, 15) is 36.7 Å². The lowest BCUT2D eigenvalue weighted by Crippen LogP contribution is -2.51. The second-order valence-electron chi connectivity index (χ2n) is 16.4. The zero-order chi connectivity index (χ0) is 43.3. The van der Waals surface area contributed by atoms with Gasteiger partial charge in [0.2, 0.25) is 11.8 Å². The van der Waals surface area contributed by atoms with Gasteiger partial charge in [-0.25, -0.2) is 32.3 Å². The van der Waals surface area contributed by atoms with E-state index in [-0.39, 0.29) is 24.0 Å². The Hall–Kier alpha value is -6.00. The van der Waals surface area contributed by atoms with Gasteiger partial charge in [0.1, 0.15) is 17.7 Å². The molecule has 3 N–H and O–H groups in total.